The van der Waals surface area contributed by atoms with E-state index in [1.165, 1.54) is 18.2 Å². The molecule has 0 atom stereocenters. The van der Waals surface area contributed by atoms with Gasteiger partial charge in [-0.15, -0.1) is 13.0 Å². The van der Waals surface area contributed by atoms with Crippen LogP contribution in [-0.2, 0) is 16.0 Å². The van der Waals surface area contributed by atoms with Crippen LogP contribution in [0.3, 0.4) is 0 Å². The number of terminal acetylenes is 1. The number of amides is 3. The molecule has 0 unspecified atom stereocenters. The highest BCUT2D eigenvalue weighted by atomic mass is 32.2. The largest absolute Gasteiger partial charge is 0.490 e. The van der Waals surface area contributed by atoms with Gasteiger partial charge in [0, 0.05) is 11.3 Å². The van der Waals surface area contributed by atoms with Gasteiger partial charge in [0.05, 0.1) is 11.5 Å². The number of thioether (sulfide) groups is 1. The van der Waals surface area contributed by atoms with Crippen LogP contribution in [0.15, 0.2) is 54.0 Å². The third-order valence-electron chi connectivity index (χ3n) is 4.70. The van der Waals surface area contributed by atoms with Crippen LogP contribution in [0.5, 0.6) is 11.5 Å². The summed E-state index contributed by atoms with van der Waals surface area (Å²) in [6.45, 7) is 5.52. The molecule has 3 amide bonds. The Morgan fingerprint density at radius 1 is 1.29 bits per heavy atom. The number of hydrogen-bond donors (Lipinski definition) is 1. The molecular formula is C26H23FN2O5S. The van der Waals surface area contributed by atoms with E-state index in [4.69, 9.17) is 15.9 Å². The van der Waals surface area contributed by atoms with E-state index in [2.05, 4.69) is 17.8 Å². The van der Waals surface area contributed by atoms with Gasteiger partial charge >= 0.3 is 0 Å². The molecule has 3 rings (SSSR count). The van der Waals surface area contributed by atoms with Gasteiger partial charge in [0.15, 0.2) is 11.5 Å². The van der Waals surface area contributed by atoms with Crippen molar-refractivity contribution in [3.8, 4) is 23.8 Å². The Kier molecular flexibility index (Phi) is 8.70. The molecule has 180 valence electrons. The second-order valence-electron chi connectivity index (χ2n) is 7.25. The summed E-state index contributed by atoms with van der Waals surface area (Å²) in [6.07, 6.45) is 9.03. The first kappa shape index (κ1) is 25.6. The number of rotatable bonds is 10. The summed E-state index contributed by atoms with van der Waals surface area (Å²) in [5.41, 5.74) is 1.58. The van der Waals surface area contributed by atoms with Crippen molar-refractivity contribution in [2.75, 3.05) is 25.1 Å². The number of nitrogens with one attached hydrogen (secondary N) is 1. The molecule has 7 nitrogen and oxygen atoms in total. The Morgan fingerprint density at radius 3 is 2.77 bits per heavy atom. The van der Waals surface area contributed by atoms with Gasteiger partial charge in [0.1, 0.15) is 19.0 Å². The lowest BCUT2D eigenvalue weighted by Crippen LogP contribution is -2.36. The zero-order valence-corrected chi connectivity index (χ0v) is 19.8. The highest BCUT2D eigenvalue weighted by Gasteiger charge is 2.36. The van der Waals surface area contributed by atoms with E-state index in [-0.39, 0.29) is 17.2 Å². The van der Waals surface area contributed by atoms with Gasteiger partial charge in [-0.25, -0.2) is 4.39 Å². The fraction of sp³-hybridized carbons (Fsp3) is 0.192. The SMILES string of the molecule is C#CCOc1c(CC=C)cc(/C=C2/SC(=O)N(CC(=O)Nc3cccc(F)c3)C2=O)cc1OCC. The van der Waals surface area contributed by atoms with Crippen LogP contribution in [0.1, 0.15) is 18.1 Å². The van der Waals surface area contributed by atoms with Gasteiger partial charge in [-0.05, 0) is 67.1 Å². The van der Waals surface area contributed by atoms with E-state index < -0.39 is 29.4 Å². The second kappa shape index (κ2) is 11.9. The van der Waals surface area contributed by atoms with Crippen LogP contribution >= 0.6 is 11.8 Å². The van der Waals surface area contributed by atoms with E-state index in [0.29, 0.717) is 30.1 Å². The molecule has 1 saturated heterocycles. The Hall–Kier alpha value is -4.03. The minimum atomic E-state index is -0.624. The topological polar surface area (TPSA) is 84.9 Å². The average molecular weight is 495 g/mol. The number of imide groups is 1. The van der Waals surface area contributed by atoms with Gasteiger partial charge in [0.2, 0.25) is 5.91 Å². The van der Waals surface area contributed by atoms with Crippen molar-refractivity contribution >= 4 is 40.6 Å². The van der Waals surface area contributed by atoms with Crippen LogP contribution in [0.25, 0.3) is 6.08 Å². The van der Waals surface area contributed by atoms with Gasteiger partial charge in [-0.3, -0.25) is 19.3 Å². The van der Waals surface area contributed by atoms with E-state index in [1.807, 2.05) is 6.92 Å². The Morgan fingerprint density at radius 2 is 2.09 bits per heavy atom. The molecule has 1 heterocycles. The number of allylic oxidation sites excluding steroid dienone is 1. The first-order valence-corrected chi connectivity index (χ1v) is 11.5. The number of ether oxygens (including phenoxy) is 2. The number of halogens is 1. The first-order valence-electron chi connectivity index (χ1n) is 10.6. The Labute approximate surface area is 207 Å². The zero-order valence-electron chi connectivity index (χ0n) is 19.0. The summed E-state index contributed by atoms with van der Waals surface area (Å²) < 4.78 is 24.7. The molecule has 0 radical (unpaired) electrons. The van der Waals surface area contributed by atoms with Crippen LogP contribution in [-0.4, -0.2) is 41.7 Å². The molecule has 35 heavy (non-hydrogen) atoms. The molecule has 1 fully saturated rings. The molecular weight excluding hydrogens is 471 g/mol. The molecule has 0 aromatic heterocycles. The van der Waals surface area contributed by atoms with Gasteiger partial charge in [0.25, 0.3) is 11.1 Å². The van der Waals surface area contributed by atoms with Crippen molar-refractivity contribution in [2.24, 2.45) is 0 Å². The number of nitrogens with zero attached hydrogens (tertiary/aromatic N) is 1. The van der Waals surface area contributed by atoms with Crippen molar-refractivity contribution in [1.29, 1.82) is 0 Å². The Balaban J connectivity index is 1.83. The van der Waals surface area contributed by atoms with Crippen LogP contribution < -0.4 is 14.8 Å². The van der Waals surface area contributed by atoms with Crippen molar-refractivity contribution in [2.45, 2.75) is 13.3 Å². The van der Waals surface area contributed by atoms with E-state index in [9.17, 15) is 18.8 Å². The van der Waals surface area contributed by atoms with Crippen molar-refractivity contribution in [1.82, 2.24) is 4.90 Å². The maximum absolute atomic E-state index is 13.3. The fourth-order valence-corrected chi connectivity index (χ4v) is 4.15. The average Bonchev–Trinajstić information content (AvgIpc) is 3.06. The Bertz CT molecular complexity index is 1230. The molecule has 0 aliphatic carbocycles. The predicted octanol–water partition coefficient (Wildman–Crippen LogP) is 4.64. The summed E-state index contributed by atoms with van der Waals surface area (Å²) in [6, 6.07) is 8.80. The number of anilines is 1. The molecule has 2 aromatic rings. The van der Waals surface area contributed by atoms with Gasteiger partial charge in [-0.2, -0.15) is 0 Å². The van der Waals surface area contributed by atoms with Gasteiger partial charge in [-0.1, -0.05) is 18.1 Å². The normalized spacial score (nSPS) is 14.1. The van der Waals surface area contributed by atoms with E-state index >= 15 is 0 Å². The minimum Gasteiger partial charge on any atom is -0.490 e. The van der Waals surface area contributed by atoms with Gasteiger partial charge < -0.3 is 14.8 Å². The first-order chi connectivity index (χ1) is 16.9. The standard InChI is InChI=1S/C26H23FN2O5S/c1-4-8-18-12-17(13-21(33-6-3)24(18)34-11-5-2)14-22-25(31)29(26(32)35-22)16-23(30)28-20-10-7-9-19(27)15-20/h2,4,7,9-10,12-15H,1,6,8,11,16H2,3H3,(H,28,30)/b22-14+. The fourth-order valence-electron chi connectivity index (χ4n) is 3.31. The quantitative estimate of drug-likeness (QED) is 0.294. The molecule has 0 saturated carbocycles. The number of hydrogen-bond acceptors (Lipinski definition) is 6. The monoisotopic (exact) mass is 494 g/mol. The molecule has 9 heteroatoms. The molecule has 1 N–H and O–H groups in total. The summed E-state index contributed by atoms with van der Waals surface area (Å²) in [4.78, 5) is 38.6. The maximum atomic E-state index is 13.3. The summed E-state index contributed by atoms with van der Waals surface area (Å²) >= 11 is 0.724. The molecule has 0 spiro atoms. The highest BCUT2D eigenvalue weighted by molar-refractivity contribution is 8.18. The molecule has 1 aliphatic heterocycles. The number of carbonyl (C=O) groups is 3. The lowest BCUT2D eigenvalue weighted by atomic mass is 10.0. The summed E-state index contributed by atoms with van der Waals surface area (Å²) in [7, 11) is 0. The second-order valence-corrected chi connectivity index (χ2v) is 8.25. The van der Waals surface area contributed by atoms with Crippen molar-refractivity contribution in [3.05, 3.63) is 70.9 Å². The third-order valence-corrected chi connectivity index (χ3v) is 5.61. The van der Waals surface area contributed by atoms with Crippen LogP contribution in [0, 0.1) is 18.2 Å². The van der Waals surface area contributed by atoms with Crippen molar-refractivity contribution < 1.29 is 28.2 Å². The zero-order chi connectivity index (χ0) is 25.4. The molecule has 1 aliphatic rings. The smallest absolute Gasteiger partial charge is 0.294 e. The predicted molar refractivity (Wildman–Crippen MR) is 134 cm³/mol. The van der Waals surface area contributed by atoms with Crippen LogP contribution in [0.2, 0.25) is 0 Å². The summed E-state index contributed by atoms with van der Waals surface area (Å²) in [5, 5.41) is 1.89. The molecule has 0 bridgehead atoms. The van der Waals surface area contributed by atoms with E-state index in [0.717, 1.165) is 28.3 Å². The van der Waals surface area contributed by atoms with Crippen molar-refractivity contribution in [3.63, 3.8) is 0 Å². The lowest BCUT2D eigenvalue weighted by molar-refractivity contribution is -0.127. The van der Waals surface area contributed by atoms with E-state index in [1.54, 1.807) is 24.3 Å². The third kappa shape index (κ3) is 6.52. The van der Waals surface area contributed by atoms with Crippen LogP contribution in [0.4, 0.5) is 14.9 Å². The summed E-state index contributed by atoms with van der Waals surface area (Å²) in [5.74, 6) is 1.61. The number of benzene rings is 2. The minimum absolute atomic E-state index is 0.0557. The lowest BCUT2D eigenvalue weighted by Gasteiger charge is -2.15. The number of carbonyl (C=O) groups excluding carboxylic acids is 3. The maximum Gasteiger partial charge on any atom is 0.294 e. The molecule has 2 aromatic carbocycles. The highest BCUT2D eigenvalue weighted by Crippen LogP contribution is 2.37.